The number of hydrogen-bond donors (Lipinski definition) is 0. The summed E-state index contributed by atoms with van der Waals surface area (Å²) in [6.07, 6.45) is 3.08. The van der Waals surface area contributed by atoms with E-state index in [0.29, 0.717) is 32.6 Å². The van der Waals surface area contributed by atoms with Crippen LogP contribution in [0.2, 0.25) is 5.02 Å². The number of ether oxygens (including phenoxy) is 1. The summed E-state index contributed by atoms with van der Waals surface area (Å²) in [7, 11) is 1.34. The highest BCUT2D eigenvalue weighted by atomic mass is 35.5. The molecule has 0 N–H and O–H groups in total. The SMILES string of the molecule is COc1cc(-c2cc3c(s2)c(=O)n(-c2cncc4ccc(C)nc24)c(=O)n3CCC#N)c(Cl)cc1F. The number of thiophene rings is 1. The quantitative estimate of drug-likeness (QED) is 0.327. The fourth-order valence-electron chi connectivity index (χ4n) is 4.03. The van der Waals surface area contributed by atoms with Crippen molar-refractivity contribution < 1.29 is 9.13 Å². The van der Waals surface area contributed by atoms with Gasteiger partial charge in [0, 0.05) is 34.3 Å². The maximum atomic E-state index is 14.1. The van der Waals surface area contributed by atoms with Crippen molar-refractivity contribution in [3.05, 3.63) is 80.1 Å². The van der Waals surface area contributed by atoms with E-state index in [-0.39, 0.29) is 34.1 Å². The van der Waals surface area contributed by atoms with Crippen LogP contribution in [-0.4, -0.2) is 26.2 Å². The number of methoxy groups -OCH3 is 1. The Hall–Kier alpha value is -4.07. The molecule has 1 aromatic carbocycles. The highest BCUT2D eigenvalue weighted by Gasteiger charge is 2.21. The van der Waals surface area contributed by atoms with Crippen LogP contribution in [0.15, 0.2) is 52.3 Å². The van der Waals surface area contributed by atoms with Crippen molar-refractivity contribution in [3.8, 4) is 27.9 Å². The number of nitriles is 1. The van der Waals surface area contributed by atoms with Gasteiger partial charge in [-0.3, -0.25) is 19.3 Å². The Bertz CT molecular complexity index is 1840. The Labute approximate surface area is 212 Å². The van der Waals surface area contributed by atoms with E-state index in [9.17, 15) is 19.2 Å². The number of pyridine rings is 2. The zero-order chi connectivity index (χ0) is 25.6. The monoisotopic (exact) mass is 521 g/mol. The lowest BCUT2D eigenvalue weighted by Gasteiger charge is -2.12. The number of aryl methyl sites for hydroxylation is 2. The minimum atomic E-state index is -0.619. The molecule has 36 heavy (non-hydrogen) atoms. The van der Waals surface area contributed by atoms with Gasteiger partial charge in [-0.05, 0) is 37.3 Å². The highest BCUT2D eigenvalue weighted by Crippen LogP contribution is 2.39. The first-order valence-corrected chi connectivity index (χ1v) is 11.9. The predicted molar refractivity (Wildman–Crippen MR) is 137 cm³/mol. The molecule has 0 saturated carbocycles. The number of hydrogen-bond acceptors (Lipinski definition) is 7. The van der Waals surface area contributed by atoms with E-state index in [2.05, 4.69) is 9.97 Å². The third-order valence-electron chi connectivity index (χ3n) is 5.74. The zero-order valence-electron chi connectivity index (χ0n) is 19.1. The second kappa shape index (κ2) is 9.18. The molecule has 0 aliphatic carbocycles. The van der Waals surface area contributed by atoms with E-state index in [1.165, 1.54) is 23.9 Å². The first-order chi connectivity index (χ1) is 17.3. The molecule has 4 aromatic heterocycles. The van der Waals surface area contributed by atoms with Crippen molar-refractivity contribution >= 4 is 44.1 Å². The molecule has 11 heteroatoms. The molecule has 0 amide bonds. The second-order valence-corrected chi connectivity index (χ2v) is 9.42. The van der Waals surface area contributed by atoms with Crippen molar-refractivity contribution in [3.63, 3.8) is 0 Å². The summed E-state index contributed by atoms with van der Waals surface area (Å²) in [6, 6.07) is 9.90. The zero-order valence-corrected chi connectivity index (χ0v) is 20.7. The summed E-state index contributed by atoms with van der Waals surface area (Å²) < 4.78 is 21.9. The standard InChI is InChI=1S/C25H17ClFN5O3S/c1-13-4-5-14-11-29-12-19(22(14)30-13)32-24(33)23-18(31(25(32)34)7-3-6-28)10-21(36-23)15-8-20(35-2)17(27)9-16(15)26/h4-5,8-12H,3,7H2,1-2H3. The van der Waals surface area contributed by atoms with Crippen LogP contribution in [0.3, 0.4) is 0 Å². The molecule has 0 spiro atoms. The minimum Gasteiger partial charge on any atom is -0.494 e. The van der Waals surface area contributed by atoms with Crippen LogP contribution in [-0.2, 0) is 6.54 Å². The van der Waals surface area contributed by atoms with Gasteiger partial charge in [0.2, 0.25) is 0 Å². The van der Waals surface area contributed by atoms with Gasteiger partial charge >= 0.3 is 5.69 Å². The van der Waals surface area contributed by atoms with Crippen LogP contribution in [0, 0.1) is 24.1 Å². The molecule has 0 aliphatic heterocycles. The molecule has 4 heterocycles. The summed E-state index contributed by atoms with van der Waals surface area (Å²) >= 11 is 7.43. The van der Waals surface area contributed by atoms with E-state index >= 15 is 0 Å². The van der Waals surface area contributed by atoms with Gasteiger partial charge in [-0.15, -0.1) is 11.3 Å². The molecule has 0 radical (unpaired) electrons. The Morgan fingerprint density at radius 2 is 2.03 bits per heavy atom. The molecule has 0 atom stereocenters. The van der Waals surface area contributed by atoms with E-state index in [1.807, 2.05) is 25.1 Å². The van der Waals surface area contributed by atoms with Gasteiger partial charge in [0.1, 0.15) is 4.70 Å². The molecule has 0 saturated heterocycles. The highest BCUT2D eigenvalue weighted by molar-refractivity contribution is 7.22. The average Bonchev–Trinajstić information content (AvgIpc) is 3.29. The molecule has 180 valence electrons. The maximum absolute atomic E-state index is 14.1. The summed E-state index contributed by atoms with van der Waals surface area (Å²) in [5.41, 5.74) is 1.05. The van der Waals surface area contributed by atoms with Crippen LogP contribution in [0.25, 0.3) is 37.2 Å². The third kappa shape index (κ3) is 3.82. The second-order valence-electron chi connectivity index (χ2n) is 7.96. The first kappa shape index (κ1) is 23.7. The average molecular weight is 522 g/mol. The lowest BCUT2D eigenvalue weighted by atomic mass is 10.1. The molecule has 0 bridgehead atoms. The third-order valence-corrected chi connectivity index (χ3v) is 7.19. The number of halogens is 2. The number of aromatic nitrogens is 4. The van der Waals surface area contributed by atoms with E-state index in [0.717, 1.165) is 22.0 Å². The topological polar surface area (TPSA) is 103 Å². The fourth-order valence-corrected chi connectivity index (χ4v) is 5.46. The van der Waals surface area contributed by atoms with Gasteiger partial charge in [-0.25, -0.2) is 13.8 Å². The molecule has 0 unspecified atom stereocenters. The minimum absolute atomic E-state index is 0.00517. The molecular formula is C25H17ClFN5O3S. The molecule has 0 aliphatic rings. The smallest absolute Gasteiger partial charge is 0.336 e. The van der Waals surface area contributed by atoms with E-state index in [1.54, 1.807) is 12.3 Å². The Morgan fingerprint density at radius 1 is 1.22 bits per heavy atom. The van der Waals surface area contributed by atoms with Gasteiger partial charge in [0.25, 0.3) is 5.56 Å². The van der Waals surface area contributed by atoms with Crippen LogP contribution >= 0.6 is 22.9 Å². The Morgan fingerprint density at radius 3 is 2.78 bits per heavy atom. The van der Waals surface area contributed by atoms with Gasteiger partial charge in [0.05, 0.1) is 47.5 Å². The van der Waals surface area contributed by atoms with Crippen LogP contribution in [0.4, 0.5) is 4.39 Å². The maximum Gasteiger partial charge on any atom is 0.336 e. The van der Waals surface area contributed by atoms with Gasteiger partial charge in [0.15, 0.2) is 11.6 Å². The first-order valence-electron chi connectivity index (χ1n) is 10.8. The summed E-state index contributed by atoms with van der Waals surface area (Å²) in [5, 5.41) is 9.99. The van der Waals surface area contributed by atoms with Crippen molar-refractivity contribution in [2.75, 3.05) is 7.11 Å². The van der Waals surface area contributed by atoms with Crippen molar-refractivity contribution in [2.45, 2.75) is 19.9 Å². The molecule has 8 nitrogen and oxygen atoms in total. The number of benzene rings is 1. The molecule has 5 aromatic rings. The normalized spacial score (nSPS) is 11.2. The number of rotatable bonds is 5. The van der Waals surface area contributed by atoms with E-state index < -0.39 is 17.1 Å². The summed E-state index contributed by atoms with van der Waals surface area (Å²) in [5.74, 6) is -0.624. The van der Waals surface area contributed by atoms with Crippen LogP contribution < -0.4 is 16.0 Å². The van der Waals surface area contributed by atoms with Crippen molar-refractivity contribution in [1.29, 1.82) is 5.26 Å². The lowest BCUT2D eigenvalue weighted by molar-refractivity contribution is 0.387. The Kier molecular flexibility index (Phi) is 6.04. The van der Waals surface area contributed by atoms with Crippen molar-refractivity contribution in [2.24, 2.45) is 0 Å². The predicted octanol–water partition coefficient (Wildman–Crippen LogP) is 4.85. The fraction of sp³-hybridized carbons (Fsp3) is 0.160. The number of fused-ring (bicyclic) bond motifs is 2. The summed E-state index contributed by atoms with van der Waals surface area (Å²) in [4.78, 5) is 36.7. The molecular weight excluding hydrogens is 505 g/mol. The largest absolute Gasteiger partial charge is 0.494 e. The lowest BCUT2D eigenvalue weighted by Crippen LogP contribution is -2.38. The summed E-state index contributed by atoms with van der Waals surface area (Å²) in [6.45, 7) is 1.88. The number of nitrogens with zero attached hydrogens (tertiary/aromatic N) is 5. The van der Waals surface area contributed by atoms with Crippen molar-refractivity contribution in [1.82, 2.24) is 19.1 Å². The van der Waals surface area contributed by atoms with Crippen LogP contribution in [0.5, 0.6) is 5.75 Å². The van der Waals surface area contributed by atoms with Crippen LogP contribution in [0.1, 0.15) is 12.1 Å². The van der Waals surface area contributed by atoms with E-state index in [4.69, 9.17) is 16.3 Å². The van der Waals surface area contributed by atoms with Gasteiger partial charge in [-0.2, -0.15) is 5.26 Å². The van der Waals surface area contributed by atoms with Gasteiger partial charge < -0.3 is 4.74 Å². The Balaban J connectivity index is 1.85. The molecule has 5 rings (SSSR count). The molecule has 0 fully saturated rings. The van der Waals surface area contributed by atoms with Gasteiger partial charge in [-0.1, -0.05) is 11.6 Å².